The SMILES string of the molecule is O=C1CCC[C@H]1CC(=O)N1CCOc2c(O)cc(-c3cccnc3)cc2C1. The van der Waals surface area contributed by atoms with Crippen LogP contribution < -0.4 is 4.74 Å². The van der Waals surface area contributed by atoms with E-state index in [1.54, 1.807) is 23.4 Å². The number of Topliss-reactive ketones (excluding diaryl/α,β-unsaturated/α-hetero) is 1. The second-order valence-electron chi connectivity index (χ2n) is 7.15. The van der Waals surface area contributed by atoms with Gasteiger partial charge in [-0.1, -0.05) is 6.07 Å². The van der Waals surface area contributed by atoms with Gasteiger partial charge in [0.2, 0.25) is 5.91 Å². The second kappa shape index (κ2) is 7.39. The van der Waals surface area contributed by atoms with Crippen molar-refractivity contribution in [3.63, 3.8) is 0 Å². The van der Waals surface area contributed by atoms with E-state index in [-0.39, 0.29) is 29.8 Å². The normalized spacial score (nSPS) is 19.3. The van der Waals surface area contributed by atoms with E-state index in [1.807, 2.05) is 18.2 Å². The second-order valence-corrected chi connectivity index (χ2v) is 7.15. The van der Waals surface area contributed by atoms with Gasteiger partial charge in [-0.05, 0) is 36.6 Å². The number of carbonyl (C=O) groups excluding carboxylic acids is 2. The molecular formula is C21H22N2O4. The molecule has 1 aromatic carbocycles. The maximum absolute atomic E-state index is 12.7. The number of ether oxygens (including phenoxy) is 1. The van der Waals surface area contributed by atoms with Crippen LogP contribution in [0.5, 0.6) is 11.5 Å². The number of hydrogen-bond acceptors (Lipinski definition) is 5. The van der Waals surface area contributed by atoms with Gasteiger partial charge >= 0.3 is 0 Å². The summed E-state index contributed by atoms with van der Waals surface area (Å²) in [5.41, 5.74) is 2.47. The average Bonchev–Trinajstić information content (AvgIpc) is 2.94. The summed E-state index contributed by atoms with van der Waals surface area (Å²) < 4.78 is 5.72. The lowest BCUT2D eigenvalue weighted by atomic mass is 10.0. The van der Waals surface area contributed by atoms with Crippen molar-refractivity contribution < 1.29 is 19.4 Å². The first-order chi connectivity index (χ1) is 13.1. The molecule has 140 valence electrons. The molecule has 6 nitrogen and oxygen atoms in total. The Morgan fingerprint density at radius 3 is 2.96 bits per heavy atom. The smallest absolute Gasteiger partial charge is 0.223 e. The summed E-state index contributed by atoms with van der Waals surface area (Å²) in [6, 6.07) is 7.34. The molecule has 1 fully saturated rings. The first-order valence-electron chi connectivity index (χ1n) is 9.31. The number of fused-ring (bicyclic) bond motifs is 1. The van der Waals surface area contributed by atoms with Gasteiger partial charge in [0.15, 0.2) is 11.5 Å². The third-order valence-electron chi connectivity index (χ3n) is 5.31. The van der Waals surface area contributed by atoms with Crippen LogP contribution in [0.3, 0.4) is 0 Å². The van der Waals surface area contributed by atoms with E-state index in [0.29, 0.717) is 31.9 Å². The number of hydrogen-bond donors (Lipinski definition) is 1. The van der Waals surface area contributed by atoms with Gasteiger partial charge in [0, 0.05) is 48.8 Å². The van der Waals surface area contributed by atoms with Crippen molar-refractivity contribution in [2.24, 2.45) is 5.92 Å². The first-order valence-corrected chi connectivity index (χ1v) is 9.31. The number of phenolic OH excluding ortho intramolecular Hbond substituents is 1. The van der Waals surface area contributed by atoms with Crippen LogP contribution in [0.1, 0.15) is 31.2 Å². The molecule has 1 atom stereocenters. The van der Waals surface area contributed by atoms with Gasteiger partial charge in [0.1, 0.15) is 12.4 Å². The zero-order chi connectivity index (χ0) is 18.8. The molecule has 0 saturated heterocycles. The maximum Gasteiger partial charge on any atom is 0.223 e. The molecule has 2 heterocycles. The van der Waals surface area contributed by atoms with Crippen LogP contribution in [0.15, 0.2) is 36.7 Å². The van der Waals surface area contributed by atoms with E-state index < -0.39 is 0 Å². The minimum absolute atomic E-state index is 0.0297. The van der Waals surface area contributed by atoms with Crippen LogP contribution in [0.2, 0.25) is 0 Å². The average molecular weight is 366 g/mol. The van der Waals surface area contributed by atoms with Crippen LogP contribution in [0.4, 0.5) is 0 Å². The Bertz CT molecular complexity index is 866. The van der Waals surface area contributed by atoms with Crippen molar-refractivity contribution in [2.45, 2.75) is 32.2 Å². The summed E-state index contributed by atoms with van der Waals surface area (Å²) in [4.78, 5) is 30.5. The molecule has 1 N–H and O–H groups in total. The summed E-state index contributed by atoms with van der Waals surface area (Å²) in [5, 5.41) is 10.4. The van der Waals surface area contributed by atoms with E-state index in [9.17, 15) is 14.7 Å². The van der Waals surface area contributed by atoms with E-state index in [1.165, 1.54) is 0 Å². The van der Waals surface area contributed by atoms with Gasteiger partial charge in [-0.2, -0.15) is 0 Å². The Kier molecular flexibility index (Phi) is 4.79. The Balaban J connectivity index is 1.58. The quantitative estimate of drug-likeness (QED) is 0.903. The number of ketones is 1. The van der Waals surface area contributed by atoms with Gasteiger partial charge in [-0.25, -0.2) is 0 Å². The van der Waals surface area contributed by atoms with Crippen molar-refractivity contribution in [1.82, 2.24) is 9.88 Å². The summed E-state index contributed by atoms with van der Waals surface area (Å²) in [7, 11) is 0. The Morgan fingerprint density at radius 1 is 1.33 bits per heavy atom. The lowest BCUT2D eigenvalue weighted by Gasteiger charge is -2.21. The highest BCUT2D eigenvalue weighted by Gasteiger charge is 2.30. The first kappa shape index (κ1) is 17.5. The van der Waals surface area contributed by atoms with E-state index >= 15 is 0 Å². The molecular weight excluding hydrogens is 344 g/mol. The van der Waals surface area contributed by atoms with Crippen LogP contribution in [-0.4, -0.2) is 39.8 Å². The van der Waals surface area contributed by atoms with Crippen molar-refractivity contribution in [3.05, 3.63) is 42.2 Å². The number of phenols is 1. The molecule has 1 amide bonds. The zero-order valence-electron chi connectivity index (χ0n) is 15.1. The van der Waals surface area contributed by atoms with Crippen LogP contribution in [0, 0.1) is 5.92 Å². The van der Waals surface area contributed by atoms with Gasteiger partial charge in [0.25, 0.3) is 0 Å². The molecule has 0 bridgehead atoms. The van der Waals surface area contributed by atoms with E-state index in [4.69, 9.17) is 4.74 Å². The molecule has 2 aromatic rings. The predicted octanol–water partition coefficient (Wildman–Crippen LogP) is 2.93. The Labute approximate surface area is 157 Å². The molecule has 1 aliphatic heterocycles. The molecule has 27 heavy (non-hydrogen) atoms. The summed E-state index contributed by atoms with van der Waals surface area (Å²) in [6.07, 6.45) is 5.96. The van der Waals surface area contributed by atoms with Gasteiger partial charge < -0.3 is 14.7 Å². The standard InChI is InChI=1S/C21H22N2O4/c24-18-5-1-3-14(18)11-20(26)23-7-8-27-21-17(13-23)9-16(10-19(21)25)15-4-2-6-22-12-15/h2,4,6,9-10,12,14,25H,1,3,5,7-8,11,13H2/t14-/m0/s1. The van der Waals surface area contributed by atoms with Crippen molar-refractivity contribution in [3.8, 4) is 22.6 Å². The summed E-state index contributed by atoms with van der Waals surface area (Å²) in [6.45, 7) is 1.12. The van der Waals surface area contributed by atoms with E-state index in [2.05, 4.69) is 4.98 Å². The lowest BCUT2D eigenvalue weighted by molar-refractivity contribution is -0.135. The minimum Gasteiger partial charge on any atom is -0.504 e. The molecule has 0 radical (unpaired) electrons. The fraction of sp³-hybridized carbons (Fsp3) is 0.381. The Morgan fingerprint density at radius 2 is 2.22 bits per heavy atom. The molecule has 1 aliphatic carbocycles. The molecule has 1 saturated carbocycles. The number of aromatic hydroxyl groups is 1. The zero-order valence-corrected chi connectivity index (χ0v) is 15.1. The number of benzene rings is 1. The topological polar surface area (TPSA) is 79.7 Å². The third kappa shape index (κ3) is 3.65. The number of rotatable bonds is 3. The number of amides is 1. The highest BCUT2D eigenvalue weighted by Crippen LogP contribution is 2.37. The fourth-order valence-electron chi connectivity index (χ4n) is 3.86. The molecule has 4 rings (SSSR count). The van der Waals surface area contributed by atoms with Crippen LogP contribution in [-0.2, 0) is 16.1 Å². The predicted molar refractivity (Wildman–Crippen MR) is 99.2 cm³/mol. The van der Waals surface area contributed by atoms with Crippen molar-refractivity contribution in [2.75, 3.05) is 13.2 Å². The van der Waals surface area contributed by atoms with Crippen molar-refractivity contribution in [1.29, 1.82) is 0 Å². The molecule has 1 aromatic heterocycles. The number of aromatic nitrogens is 1. The molecule has 2 aliphatic rings. The van der Waals surface area contributed by atoms with Crippen LogP contribution in [0.25, 0.3) is 11.1 Å². The fourth-order valence-corrected chi connectivity index (χ4v) is 3.86. The highest BCUT2D eigenvalue weighted by molar-refractivity contribution is 5.88. The largest absolute Gasteiger partial charge is 0.504 e. The summed E-state index contributed by atoms with van der Waals surface area (Å²) >= 11 is 0. The number of pyridine rings is 1. The van der Waals surface area contributed by atoms with Gasteiger partial charge in [-0.15, -0.1) is 0 Å². The molecule has 0 unspecified atom stereocenters. The monoisotopic (exact) mass is 366 g/mol. The third-order valence-corrected chi connectivity index (χ3v) is 5.31. The molecule has 6 heteroatoms. The van der Waals surface area contributed by atoms with Crippen LogP contribution >= 0.6 is 0 Å². The molecule has 0 spiro atoms. The maximum atomic E-state index is 12.7. The number of carbonyl (C=O) groups is 2. The van der Waals surface area contributed by atoms with Gasteiger partial charge in [-0.3, -0.25) is 14.6 Å². The number of nitrogens with zero attached hydrogens (tertiary/aromatic N) is 2. The Hall–Kier alpha value is -2.89. The minimum atomic E-state index is -0.142. The highest BCUT2D eigenvalue weighted by atomic mass is 16.5. The lowest BCUT2D eigenvalue weighted by Crippen LogP contribution is -2.34. The van der Waals surface area contributed by atoms with Gasteiger partial charge in [0.05, 0.1) is 6.54 Å². The summed E-state index contributed by atoms with van der Waals surface area (Å²) in [5.74, 6) is 0.516. The van der Waals surface area contributed by atoms with E-state index in [0.717, 1.165) is 29.5 Å². The van der Waals surface area contributed by atoms with Crippen molar-refractivity contribution >= 4 is 11.7 Å².